The molecule has 0 aromatic heterocycles. The second kappa shape index (κ2) is 6.78. The van der Waals surface area contributed by atoms with Crippen LogP contribution in [-0.4, -0.2) is 35.4 Å². The lowest BCUT2D eigenvalue weighted by molar-refractivity contribution is -0.138. The molecule has 0 aliphatic carbocycles. The predicted octanol–water partition coefficient (Wildman–Crippen LogP) is -0.167. The van der Waals surface area contributed by atoms with Crippen molar-refractivity contribution >= 4 is 14.8 Å². The van der Waals surface area contributed by atoms with Gasteiger partial charge >= 0.3 is 14.8 Å². The summed E-state index contributed by atoms with van der Waals surface area (Å²) in [6.07, 6.45) is -0.751. The Balaban J connectivity index is -0.000000500. The molecule has 0 bridgehead atoms. The largest absolute Gasteiger partial charge is 0.532 e. The highest BCUT2D eigenvalue weighted by Gasteiger charge is 2.29. The summed E-state index contributed by atoms with van der Waals surface area (Å²) in [4.78, 5) is 35.7. The molecular weight excluding hydrogens is 192 g/mol. The van der Waals surface area contributed by atoms with Crippen molar-refractivity contribution in [2.24, 2.45) is 0 Å². The van der Waals surface area contributed by atoms with Crippen molar-refractivity contribution < 1.29 is 23.9 Å². The van der Waals surface area contributed by atoms with Crippen molar-refractivity contribution in [3.8, 4) is 0 Å². The Morgan fingerprint density at radius 1 is 1.38 bits per heavy atom. The third-order valence-corrected chi connectivity index (χ3v) is 1.28. The molecule has 0 unspecified atom stereocenters. The highest BCUT2D eigenvalue weighted by Crippen LogP contribution is 1.94. The van der Waals surface area contributed by atoms with Crippen LogP contribution in [0.2, 0.25) is 0 Å². The molecule has 0 spiro atoms. The van der Waals surface area contributed by atoms with E-state index >= 15 is 0 Å². The Hall–Kier alpha value is -0.693. The van der Waals surface area contributed by atoms with E-state index in [0.717, 1.165) is 0 Å². The first-order valence-corrected chi connectivity index (χ1v) is 4.87. The van der Waals surface area contributed by atoms with Gasteiger partial charge in [0.1, 0.15) is 0 Å². The normalized spacial score (nSPS) is 9.23. The number of carbonyl (C=O) groups excluding carboxylic acids is 1. The van der Waals surface area contributed by atoms with Crippen LogP contribution in [0.15, 0.2) is 12.2 Å². The zero-order chi connectivity index (χ0) is 9.07. The first-order chi connectivity index (χ1) is 4.83. The molecule has 0 radical (unpaired) electrons. The summed E-state index contributed by atoms with van der Waals surface area (Å²) in [5, 5.41) is 0. The highest BCUT2D eigenvalue weighted by molar-refractivity contribution is 6.56. The smallest absolute Gasteiger partial charge is 0.458 e. The summed E-state index contributed by atoms with van der Waals surface area (Å²) in [5.74, 6) is -0.751. The van der Waals surface area contributed by atoms with E-state index < -0.39 is 21.0 Å². The van der Waals surface area contributed by atoms with Gasteiger partial charge in [0.25, 0.3) is 0 Å². The van der Waals surface area contributed by atoms with Crippen LogP contribution >= 0.6 is 0 Å². The highest BCUT2D eigenvalue weighted by atomic mass is 28.4. The maximum absolute atomic E-state index is 10.6. The Kier molecular flexibility index (Phi) is 9.48. The van der Waals surface area contributed by atoms with Gasteiger partial charge in [-0.1, -0.05) is 21.4 Å². The summed E-state index contributed by atoms with van der Waals surface area (Å²) >= 11 is 0. The van der Waals surface area contributed by atoms with Crippen LogP contribution in [0.1, 0.15) is 21.8 Å². The van der Waals surface area contributed by atoms with E-state index in [0.29, 0.717) is 0 Å². The maximum atomic E-state index is 10.6. The zero-order valence-corrected chi connectivity index (χ0v) is 7.07. The third-order valence-electron chi connectivity index (χ3n) is 0.745. The molecule has 0 saturated heterocycles. The fourth-order valence-electron chi connectivity index (χ4n) is 0.286. The molecule has 0 aliphatic heterocycles. The lowest BCUT2D eigenvalue weighted by atomic mass is 10.4. The van der Waals surface area contributed by atoms with Gasteiger partial charge in [-0.05, 0) is 6.92 Å². The predicted molar refractivity (Wildman–Crippen MR) is 51.6 cm³/mol. The summed E-state index contributed by atoms with van der Waals surface area (Å²) in [6.45, 7) is 4.67. The van der Waals surface area contributed by atoms with Gasteiger partial charge in [-0.15, -0.1) is 0 Å². The topological polar surface area (TPSA) is 87.0 Å². The Bertz CT molecular complexity index is 172. The molecule has 0 fully saturated rings. The third kappa shape index (κ3) is 11.3. The number of esters is 1. The summed E-state index contributed by atoms with van der Waals surface area (Å²) in [7, 11) is -4.25. The van der Waals surface area contributed by atoms with Gasteiger partial charge < -0.3 is 19.1 Å². The van der Waals surface area contributed by atoms with Gasteiger partial charge in [-0.25, -0.2) is 4.79 Å². The van der Waals surface area contributed by atoms with Crippen molar-refractivity contribution in [3.63, 3.8) is 0 Å². The molecule has 13 heavy (non-hydrogen) atoms. The minimum Gasteiger partial charge on any atom is -0.458 e. The minimum atomic E-state index is -4.25. The molecule has 0 heterocycles. The van der Waals surface area contributed by atoms with Gasteiger partial charge in [0.15, 0.2) is 6.23 Å². The monoisotopic (exact) mass is 210 g/mol. The van der Waals surface area contributed by atoms with Crippen LogP contribution in [0.25, 0.3) is 0 Å². The molecule has 0 aromatic rings. The molecule has 6 heteroatoms. The average molecular weight is 210 g/mol. The quantitative estimate of drug-likeness (QED) is 0.342. The summed E-state index contributed by atoms with van der Waals surface area (Å²) in [6, 6.07) is 0. The fourth-order valence-corrected chi connectivity index (χ4v) is 0.610. The number of hydrogen-bond donors (Lipinski definition) is 3. The van der Waals surface area contributed by atoms with E-state index in [9.17, 15) is 4.79 Å². The first-order valence-electron chi connectivity index (χ1n) is 2.82. The van der Waals surface area contributed by atoms with Crippen molar-refractivity contribution in [1.29, 1.82) is 0 Å². The number of carbonyl (C=O) groups is 1. The van der Waals surface area contributed by atoms with Crippen LogP contribution < -0.4 is 0 Å². The van der Waals surface area contributed by atoms with E-state index in [1.54, 1.807) is 0 Å². The molecule has 0 saturated carbocycles. The van der Waals surface area contributed by atoms with E-state index in [-0.39, 0.29) is 20.4 Å². The van der Waals surface area contributed by atoms with E-state index in [1.807, 2.05) is 0 Å². The molecule has 0 atom stereocenters. The molecule has 5 nitrogen and oxygen atoms in total. The van der Waals surface area contributed by atoms with Crippen LogP contribution in [-0.2, 0) is 9.53 Å². The van der Waals surface area contributed by atoms with Gasteiger partial charge in [0, 0.05) is 5.57 Å². The Labute approximate surface area is 79.7 Å². The Morgan fingerprint density at radius 3 is 2.00 bits per heavy atom. The summed E-state index contributed by atoms with van der Waals surface area (Å²) < 4.78 is 4.24. The van der Waals surface area contributed by atoms with Crippen LogP contribution in [0.4, 0.5) is 0 Å². The minimum absolute atomic E-state index is 0. The van der Waals surface area contributed by atoms with Crippen LogP contribution in [0.5, 0.6) is 0 Å². The SMILES string of the molecule is C.C.C=C(C)C(=O)OC[Si](O)(O)O. The van der Waals surface area contributed by atoms with Crippen molar-refractivity contribution in [2.75, 3.05) is 6.23 Å². The van der Waals surface area contributed by atoms with E-state index in [4.69, 9.17) is 14.4 Å². The molecular formula is C7H18O5Si. The second-order valence-electron chi connectivity index (χ2n) is 2.13. The van der Waals surface area contributed by atoms with Crippen molar-refractivity contribution in [1.82, 2.24) is 0 Å². The number of hydrogen-bond acceptors (Lipinski definition) is 5. The van der Waals surface area contributed by atoms with Gasteiger partial charge in [0.2, 0.25) is 0 Å². The zero-order valence-electron chi connectivity index (χ0n) is 6.07. The molecule has 0 aromatic carbocycles. The molecule has 0 aliphatic rings. The van der Waals surface area contributed by atoms with Crippen molar-refractivity contribution in [3.05, 3.63) is 12.2 Å². The molecule has 3 N–H and O–H groups in total. The fraction of sp³-hybridized carbons (Fsp3) is 0.571. The van der Waals surface area contributed by atoms with Gasteiger partial charge in [0.05, 0.1) is 0 Å². The van der Waals surface area contributed by atoms with Gasteiger partial charge in [-0.2, -0.15) is 0 Å². The molecule has 0 rings (SSSR count). The molecule has 80 valence electrons. The average Bonchev–Trinajstić information content (AvgIpc) is 1.80. The number of rotatable bonds is 3. The lowest BCUT2D eigenvalue weighted by Gasteiger charge is -2.09. The summed E-state index contributed by atoms with van der Waals surface area (Å²) in [5.41, 5.74) is 0.142. The van der Waals surface area contributed by atoms with E-state index in [1.165, 1.54) is 6.92 Å². The standard InChI is InChI=1S/C5H10O5Si.2CH4/c1-4(2)5(6)10-3-11(7,8)9;;/h7-9H,1,3H2,2H3;2*1H4. The number of ether oxygens (including phenoxy) is 1. The molecule has 0 amide bonds. The lowest BCUT2D eigenvalue weighted by Crippen LogP contribution is -2.41. The van der Waals surface area contributed by atoms with Crippen LogP contribution in [0.3, 0.4) is 0 Å². The van der Waals surface area contributed by atoms with Crippen molar-refractivity contribution in [2.45, 2.75) is 21.8 Å². The second-order valence-corrected chi connectivity index (χ2v) is 3.97. The maximum Gasteiger partial charge on any atom is 0.532 e. The van der Waals surface area contributed by atoms with Crippen LogP contribution in [0, 0.1) is 0 Å². The Morgan fingerprint density at radius 2 is 1.77 bits per heavy atom. The van der Waals surface area contributed by atoms with Gasteiger partial charge in [-0.3, -0.25) is 0 Å². The first kappa shape index (κ1) is 18.2. The van der Waals surface area contributed by atoms with E-state index in [2.05, 4.69) is 11.3 Å².